The van der Waals surface area contributed by atoms with Crippen molar-refractivity contribution >= 4 is 20.3 Å². The number of ether oxygens (including phenoxy) is 2. The molecule has 4 atom stereocenters. The van der Waals surface area contributed by atoms with Crippen LogP contribution in [0.4, 0.5) is 0 Å². The Morgan fingerprint density at radius 2 is 1.60 bits per heavy atom. The SMILES string of the molecule is COC(=O)[C@H]1CC[C@]2(O[Si](C)(C)C(C)(C)C)[C@H](C(=O)OC)C[C@]2(C)C1. The highest BCUT2D eigenvalue weighted by Crippen LogP contribution is 2.66. The first-order valence-corrected chi connectivity index (χ1v) is 12.1. The molecule has 6 heteroatoms. The summed E-state index contributed by atoms with van der Waals surface area (Å²) < 4.78 is 17.0. The lowest BCUT2D eigenvalue weighted by atomic mass is 9.44. The molecule has 2 fully saturated rings. The molecule has 2 saturated carbocycles. The van der Waals surface area contributed by atoms with Crippen molar-refractivity contribution in [2.75, 3.05) is 14.2 Å². The van der Waals surface area contributed by atoms with E-state index in [1.807, 2.05) is 0 Å². The zero-order valence-electron chi connectivity index (χ0n) is 17.0. The first-order chi connectivity index (χ1) is 11.3. The maximum atomic E-state index is 12.4. The van der Waals surface area contributed by atoms with E-state index in [2.05, 4.69) is 40.8 Å². The van der Waals surface area contributed by atoms with Gasteiger partial charge in [-0.05, 0) is 49.2 Å². The van der Waals surface area contributed by atoms with E-state index in [-0.39, 0.29) is 34.2 Å². The number of fused-ring (bicyclic) bond motifs is 1. The summed E-state index contributed by atoms with van der Waals surface area (Å²) in [5.74, 6) is -0.684. The highest BCUT2D eigenvalue weighted by atomic mass is 28.4. The third-order valence-corrected chi connectivity index (χ3v) is 11.6. The van der Waals surface area contributed by atoms with E-state index < -0.39 is 13.9 Å². The van der Waals surface area contributed by atoms with Crippen molar-refractivity contribution in [3.05, 3.63) is 0 Å². The van der Waals surface area contributed by atoms with Gasteiger partial charge in [0, 0.05) is 0 Å². The van der Waals surface area contributed by atoms with Crippen LogP contribution in [0.2, 0.25) is 18.1 Å². The number of methoxy groups -OCH3 is 2. The van der Waals surface area contributed by atoms with Gasteiger partial charge in [0.05, 0.1) is 31.7 Å². The van der Waals surface area contributed by atoms with E-state index in [0.29, 0.717) is 25.7 Å². The highest BCUT2D eigenvalue weighted by Gasteiger charge is 2.70. The van der Waals surface area contributed by atoms with Crippen LogP contribution in [-0.4, -0.2) is 40.1 Å². The standard InChI is InChI=1S/C19H34O5Si/c1-17(2,3)25(7,8)24-19-10-9-13(15(20)22-5)11-18(19,4)12-14(19)16(21)23-6/h13-14H,9-12H2,1-8H3/t13-,14-,18-,19-/m0/s1. The summed E-state index contributed by atoms with van der Waals surface area (Å²) in [4.78, 5) is 24.5. The average molecular weight is 371 g/mol. The van der Waals surface area contributed by atoms with Gasteiger partial charge in [0.1, 0.15) is 0 Å². The Balaban J connectivity index is 2.37. The summed E-state index contributed by atoms with van der Waals surface area (Å²) in [5, 5.41) is 0.0537. The molecule has 0 spiro atoms. The van der Waals surface area contributed by atoms with E-state index in [0.717, 1.165) is 0 Å². The topological polar surface area (TPSA) is 61.8 Å². The fourth-order valence-corrected chi connectivity index (χ4v) is 6.19. The van der Waals surface area contributed by atoms with E-state index in [4.69, 9.17) is 13.9 Å². The number of esters is 2. The molecular formula is C19H34O5Si. The molecule has 0 aromatic rings. The van der Waals surface area contributed by atoms with Crippen LogP contribution in [-0.2, 0) is 23.5 Å². The van der Waals surface area contributed by atoms with Crippen LogP contribution in [0.25, 0.3) is 0 Å². The van der Waals surface area contributed by atoms with Crippen LogP contribution in [0.3, 0.4) is 0 Å². The molecule has 144 valence electrons. The minimum Gasteiger partial charge on any atom is -0.469 e. The van der Waals surface area contributed by atoms with Crippen LogP contribution in [0.5, 0.6) is 0 Å². The molecule has 0 aliphatic heterocycles. The average Bonchev–Trinajstić information content (AvgIpc) is 2.51. The Labute approximate surface area is 152 Å². The van der Waals surface area contributed by atoms with E-state index in [1.54, 1.807) is 0 Å². The van der Waals surface area contributed by atoms with Gasteiger partial charge >= 0.3 is 11.9 Å². The van der Waals surface area contributed by atoms with Crippen LogP contribution >= 0.6 is 0 Å². The van der Waals surface area contributed by atoms with Gasteiger partial charge < -0.3 is 13.9 Å². The fourth-order valence-electron chi connectivity index (χ4n) is 4.48. The third-order valence-electron chi connectivity index (χ3n) is 7.06. The molecule has 2 aliphatic rings. The molecule has 0 aromatic carbocycles. The molecule has 2 rings (SSSR count). The maximum absolute atomic E-state index is 12.4. The summed E-state index contributed by atoms with van der Waals surface area (Å²) in [6, 6.07) is 0. The Morgan fingerprint density at radius 1 is 1.04 bits per heavy atom. The second-order valence-corrected chi connectivity index (χ2v) is 14.3. The smallest absolute Gasteiger partial charge is 0.311 e. The summed E-state index contributed by atoms with van der Waals surface area (Å²) in [6.45, 7) is 13.2. The zero-order valence-corrected chi connectivity index (χ0v) is 18.0. The number of carbonyl (C=O) groups excluding carboxylic acids is 2. The van der Waals surface area contributed by atoms with Crippen molar-refractivity contribution in [3.8, 4) is 0 Å². The van der Waals surface area contributed by atoms with Crippen molar-refractivity contribution in [2.45, 2.75) is 77.1 Å². The molecule has 0 amide bonds. The molecule has 0 unspecified atom stereocenters. The molecule has 0 heterocycles. The summed E-state index contributed by atoms with van der Waals surface area (Å²) >= 11 is 0. The third kappa shape index (κ3) is 3.16. The first-order valence-electron chi connectivity index (χ1n) is 9.19. The fraction of sp³-hybridized carbons (Fsp3) is 0.895. The molecule has 0 radical (unpaired) electrons. The molecular weight excluding hydrogens is 336 g/mol. The van der Waals surface area contributed by atoms with Gasteiger partial charge in [-0.3, -0.25) is 9.59 Å². The minimum absolute atomic E-state index is 0.0537. The van der Waals surface area contributed by atoms with E-state index in [1.165, 1.54) is 14.2 Å². The number of carbonyl (C=O) groups is 2. The van der Waals surface area contributed by atoms with Gasteiger partial charge in [-0.25, -0.2) is 0 Å². The largest absolute Gasteiger partial charge is 0.469 e. The monoisotopic (exact) mass is 370 g/mol. The minimum atomic E-state index is -2.08. The highest BCUT2D eigenvalue weighted by molar-refractivity contribution is 6.74. The quantitative estimate of drug-likeness (QED) is 0.554. The van der Waals surface area contributed by atoms with Crippen molar-refractivity contribution in [3.63, 3.8) is 0 Å². The first kappa shape index (κ1) is 20.4. The lowest BCUT2D eigenvalue weighted by molar-refractivity contribution is -0.236. The summed E-state index contributed by atoms with van der Waals surface area (Å²) in [6.07, 6.45) is 2.82. The normalized spacial score (nSPS) is 35.4. The van der Waals surface area contributed by atoms with E-state index >= 15 is 0 Å². The summed E-state index contributed by atoms with van der Waals surface area (Å²) in [7, 11) is 0.800. The van der Waals surface area contributed by atoms with Gasteiger partial charge in [0.2, 0.25) is 0 Å². The Hall–Kier alpha value is -0.883. The van der Waals surface area contributed by atoms with Crippen LogP contribution in [0.15, 0.2) is 0 Å². The Bertz CT molecular complexity index is 553. The van der Waals surface area contributed by atoms with Crippen LogP contribution in [0.1, 0.15) is 53.4 Å². The van der Waals surface area contributed by atoms with Crippen molar-refractivity contribution < 1.29 is 23.5 Å². The van der Waals surface area contributed by atoms with Gasteiger partial charge in [-0.15, -0.1) is 0 Å². The van der Waals surface area contributed by atoms with Crippen molar-refractivity contribution in [2.24, 2.45) is 17.3 Å². The maximum Gasteiger partial charge on any atom is 0.311 e. The van der Waals surface area contributed by atoms with Crippen LogP contribution in [0, 0.1) is 17.3 Å². The molecule has 5 nitrogen and oxygen atoms in total. The van der Waals surface area contributed by atoms with Gasteiger partial charge in [0.15, 0.2) is 8.32 Å². The molecule has 0 bridgehead atoms. The second-order valence-electron chi connectivity index (χ2n) is 9.56. The molecule has 0 N–H and O–H groups in total. The van der Waals surface area contributed by atoms with Crippen molar-refractivity contribution in [1.82, 2.24) is 0 Å². The molecule has 2 aliphatic carbocycles. The van der Waals surface area contributed by atoms with E-state index in [9.17, 15) is 9.59 Å². The van der Waals surface area contributed by atoms with Gasteiger partial charge in [-0.2, -0.15) is 0 Å². The molecule has 0 aromatic heterocycles. The zero-order chi connectivity index (χ0) is 19.3. The lowest BCUT2D eigenvalue weighted by Crippen LogP contribution is -2.72. The number of rotatable bonds is 4. The molecule has 0 saturated heterocycles. The second kappa shape index (κ2) is 6.37. The molecule has 25 heavy (non-hydrogen) atoms. The Kier molecular flexibility index (Phi) is 5.21. The van der Waals surface area contributed by atoms with Gasteiger partial charge in [0.25, 0.3) is 0 Å². The Morgan fingerprint density at radius 3 is 2.04 bits per heavy atom. The predicted molar refractivity (Wildman–Crippen MR) is 98.6 cm³/mol. The summed E-state index contributed by atoms with van der Waals surface area (Å²) in [5.41, 5.74) is -0.716. The predicted octanol–water partition coefficient (Wildman–Crippen LogP) is 3.92. The van der Waals surface area contributed by atoms with Crippen molar-refractivity contribution in [1.29, 1.82) is 0 Å². The number of hydrogen-bond donors (Lipinski definition) is 0. The lowest BCUT2D eigenvalue weighted by Gasteiger charge is -2.67. The van der Waals surface area contributed by atoms with Gasteiger partial charge in [-0.1, -0.05) is 27.7 Å². The van der Waals surface area contributed by atoms with Crippen LogP contribution < -0.4 is 0 Å². The number of hydrogen-bond acceptors (Lipinski definition) is 5.